The van der Waals surface area contributed by atoms with Crippen LogP contribution in [0.3, 0.4) is 0 Å². The highest BCUT2D eigenvalue weighted by atomic mass is 32.1. The number of hydrogen-bond acceptors (Lipinski definition) is 3. The lowest BCUT2D eigenvalue weighted by Gasteiger charge is -1.97. The van der Waals surface area contributed by atoms with Gasteiger partial charge in [0.25, 0.3) is 5.91 Å². The first kappa shape index (κ1) is 10.9. The van der Waals surface area contributed by atoms with Crippen molar-refractivity contribution in [3.63, 3.8) is 0 Å². The van der Waals surface area contributed by atoms with Gasteiger partial charge >= 0.3 is 0 Å². The number of anilines is 1. The average molecular weight is 235 g/mol. The molecule has 2 aromatic rings. The molecule has 0 aliphatic rings. The third-order valence-electron chi connectivity index (χ3n) is 2.14. The first-order valence-corrected chi connectivity index (χ1v) is 6.06. The normalized spacial score (nSPS) is 10.3. The van der Waals surface area contributed by atoms with Crippen LogP contribution in [0.2, 0.25) is 0 Å². The summed E-state index contributed by atoms with van der Waals surface area (Å²) in [6.07, 6.45) is 2.00. The Morgan fingerprint density at radius 2 is 2.50 bits per heavy atom. The molecule has 5 heteroatoms. The Kier molecular flexibility index (Phi) is 3.36. The van der Waals surface area contributed by atoms with E-state index in [4.69, 9.17) is 0 Å². The smallest absolute Gasteiger partial charge is 0.266 e. The molecule has 1 amide bonds. The molecule has 16 heavy (non-hydrogen) atoms. The van der Waals surface area contributed by atoms with E-state index in [0.717, 1.165) is 18.5 Å². The third-order valence-corrected chi connectivity index (χ3v) is 3.01. The second kappa shape index (κ2) is 4.94. The van der Waals surface area contributed by atoms with Gasteiger partial charge in [0.05, 0.1) is 4.88 Å². The van der Waals surface area contributed by atoms with Crippen LogP contribution in [0.1, 0.15) is 28.7 Å². The van der Waals surface area contributed by atoms with Crippen molar-refractivity contribution in [3.8, 4) is 0 Å². The fourth-order valence-electron chi connectivity index (χ4n) is 1.41. The Morgan fingerprint density at radius 1 is 1.62 bits per heavy atom. The van der Waals surface area contributed by atoms with Crippen molar-refractivity contribution in [3.05, 3.63) is 34.2 Å². The summed E-state index contributed by atoms with van der Waals surface area (Å²) in [5.41, 5.74) is 1.05. The van der Waals surface area contributed by atoms with E-state index < -0.39 is 0 Å². The molecule has 0 unspecified atom stereocenters. The SMILES string of the molecule is CCCc1cc(NC(=O)c2cccs2)n[nH]1. The van der Waals surface area contributed by atoms with Gasteiger partial charge in [0, 0.05) is 11.8 Å². The zero-order valence-corrected chi connectivity index (χ0v) is 9.80. The minimum atomic E-state index is -0.107. The molecule has 0 atom stereocenters. The number of aryl methyl sites for hydroxylation is 1. The van der Waals surface area contributed by atoms with Crippen LogP contribution in [-0.4, -0.2) is 16.1 Å². The largest absolute Gasteiger partial charge is 0.304 e. The van der Waals surface area contributed by atoms with Gasteiger partial charge in [-0.1, -0.05) is 19.4 Å². The second-order valence-corrected chi connectivity index (χ2v) is 4.41. The van der Waals surface area contributed by atoms with E-state index in [1.165, 1.54) is 11.3 Å². The highest BCUT2D eigenvalue weighted by Gasteiger charge is 2.08. The van der Waals surface area contributed by atoms with Gasteiger partial charge in [0.1, 0.15) is 0 Å². The second-order valence-electron chi connectivity index (χ2n) is 3.46. The number of rotatable bonds is 4. The van der Waals surface area contributed by atoms with Crippen molar-refractivity contribution in [2.24, 2.45) is 0 Å². The number of nitrogens with one attached hydrogen (secondary N) is 2. The Bertz CT molecular complexity index is 461. The molecule has 0 aliphatic heterocycles. The Balaban J connectivity index is 2.01. The van der Waals surface area contributed by atoms with Gasteiger partial charge in [0.15, 0.2) is 5.82 Å². The predicted molar refractivity (Wildman–Crippen MR) is 64.9 cm³/mol. The maximum atomic E-state index is 11.7. The number of carbonyl (C=O) groups is 1. The van der Waals surface area contributed by atoms with Crippen LogP contribution in [-0.2, 0) is 6.42 Å². The van der Waals surface area contributed by atoms with Crippen LogP contribution >= 0.6 is 11.3 Å². The summed E-state index contributed by atoms with van der Waals surface area (Å²) >= 11 is 1.42. The standard InChI is InChI=1S/C11H13N3OS/c1-2-4-8-7-10(14-13-8)12-11(15)9-5-3-6-16-9/h3,5-7H,2,4H2,1H3,(H2,12,13,14,15). The van der Waals surface area contributed by atoms with Crippen molar-refractivity contribution in [2.75, 3.05) is 5.32 Å². The van der Waals surface area contributed by atoms with E-state index in [1.54, 1.807) is 6.07 Å². The highest BCUT2D eigenvalue weighted by molar-refractivity contribution is 7.12. The Morgan fingerprint density at radius 3 is 3.19 bits per heavy atom. The minimum Gasteiger partial charge on any atom is -0.304 e. The fourth-order valence-corrected chi connectivity index (χ4v) is 2.03. The first-order chi connectivity index (χ1) is 7.79. The number of aromatic amines is 1. The van der Waals surface area contributed by atoms with Crippen LogP contribution in [0.25, 0.3) is 0 Å². The van der Waals surface area contributed by atoms with Gasteiger partial charge in [-0.2, -0.15) is 5.10 Å². The first-order valence-electron chi connectivity index (χ1n) is 5.18. The molecule has 0 saturated heterocycles. The number of amides is 1. The lowest BCUT2D eigenvalue weighted by molar-refractivity contribution is 0.103. The van der Waals surface area contributed by atoms with E-state index in [1.807, 2.05) is 17.5 Å². The quantitative estimate of drug-likeness (QED) is 0.856. The van der Waals surface area contributed by atoms with E-state index in [2.05, 4.69) is 22.4 Å². The number of thiophene rings is 1. The van der Waals surface area contributed by atoms with Gasteiger partial charge in [-0.25, -0.2) is 0 Å². The zero-order valence-electron chi connectivity index (χ0n) is 8.99. The van der Waals surface area contributed by atoms with Crippen molar-refractivity contribution in [2.45, 2.75) is 19.8 Å². The van der Waals surface area contributed by atoms with Gasteiger partial charge in [0.2, 0.25) is 0 Å². The summed E-state index contributed by atoms with van der Waals surface area (Å²) in [4.78, 5) is 12.4. The number of H-pyrrole nitrogens is 1. The number of aromatic nitrogens is 2. The molecule has 0 saturated carbocycles. The summed E-state index contributed by atoms with van der Waals surface area (Å²) in [7, 11) is 0. The number of nitrogens with zero attached hydrogens (tertiary/aromatic N) is 1. The Hall–Kier alpha value is -1.62. The van der Waals surface area contributed by atoms with Gasteiger partial charge in [-0.15, -0.1) is 11.3 Å². The molecular weight excluding hydrogens is 222 g/mol. The van der Waals surface area contributed by atoms with Crippen LogP contribution in [0.4, 0.5) is 5.82 Å². The van der Waals surface area contributed by atoms with Crippen LogP contribution in [0.15, 0.2) is 23.6 Å². The van der Waals surface area contributed by atoms with Crippen molar-refractivity contribution >= 4 is 23.1 Å². The molecule has 0 bridgehead atoms. The van der Waals surface area contributed by atoms with Gasteiger partial charge in [-0.05, 0) is 17.9 Å². The predicted octanol–water partition coefficient (Wildman–Crippen LogP) is 2.68. The highest BCUT2D eigenvalue weighted by Crippen LogP contribution is 2.12. The molecule has 2 N–H and O–H groups in total. The van der Waals surface area contributed by atoms with Crippen molar-refractivity contribution in [1.82, 2.24) is 10.2 Å². The van der Waals surface area contributed by atoms with E-state index in [9.17, 15) is 4.79 Å². The lowest BCUT2D eigenvalue weighted by Crippen LogP contribution is -2.10. The van der Waals surface area contributed by atoms with Crippen LogP contribution in [0, 0.1) is 0 Å². The summed E-state index contributed by atoms with van der Waals surface area (Å²) in [6, 6.07) is 5.52. The van der Waals surface area contributed by atoms with Gasteiger partial charge in [-0.3, -0.25) is 9.89 Å². The Labute approximate surface area is 97.7 Å². The summed E-state index contributed by atoms with van der Waals surface area (Å²) in [6.45, 7) is 2.10. The maximum Gasteiger partial charge on any atom is 0.266 e. The minimum absolute atomic E-state index is 0.107. The zero-order chi connectivity index (χ0) is 11.4. The molecule has 0 radical (unpaired) electrons. The third kappa shape index (κ3) is 2.49. The molecule has 0 aliphatic carbocycles. The molecule has 2 heterocycles. The molecule has 4 nitrogen and oxygen atoms in total. The maximum absolute atomic E-state index is 11.7. The summed E-state index contributed by atoms with van der Waals surface area (Å²) in [5.74, 6) is 0.478. The van der Waals surface area contributed by atoms with Crippen molar-refractivity contribution < 1.29 is 4.79 Å². The van der Waals surface area contributed by atoms with Crippen LogP contribution in [0.5, 0.6) is 0 Å². The molecule has 2 rings (SSSR count). The van der Waals surface area contributed by atoms with Gasteiger partial charge < -0.3 is 5.32 Å². The molecule has 2 aromatic heterocycles. The molecule has 84 valence electrons. The molecule has 0 fully saturated rings. The van der Waals surface area contributed by atoms with E-state index in [-0.39, 0.29) is 5.91 Å². The van der Waals surface area contributed by atoms with Crippen molar-refractivity contribution in [1.29, 1.82) is 0 Å². The number of hydrogen-bond donors (Lipinski definition) is 2. The summed E-state index contributed by atoms with van der Waals surface area (Å²) < 4.78 is 0. The lowest BCUT2D eigenvalue weighted by atomic mass is 10.2. The monoisotopic (exact) mass is 235 g/mol. The topological polar surface area (TPSA) is 57.8 Å². The molecular formula is C11H13N3OS. The van der Waals surface area contributed by atoms with Crippen LogP contribution < -0.4 is 5.32 Å². The fraction of sp³-hybridized carbons (Fsp3) is 0.273. The number of carbonyl (C=O) groups excluding carboxylic acids is 1. The van der Waals surface area contributed by atoms with E-state index in [0.29, 0.717) is 10.7 Å². The molecule has 0 aromatic carbocycles. The molecule has 0 spiro atoms. The van der Waals surface area contributed by atoms with E-state index >= 15 is 0 Å². The summed E-state index contributed by atoms with van der Waals surface area (Å²) in [5, 5.41) is 11.6. The average Bonchev–Trinajstić information content (AvgIpc) is 2.89.